The van der Waals surface area contributed by atoms with E-state index in [1.54, 1.807) is 17.3 Å². The van der Waals surface area contributed by atoms with Crippen LogP contribution < -0.4 is 15.1 Å². The van der Waals surface area contributed by atoms with Crippen LogP contribution in [0, 0.1) is 0 Å². The van der Waals surface area contributed by atoms with E-state index in [9.17, 15) is 18.0 Å². The summed E-state index contributed by atoms with van der Waals surface area (Å²) in [6, 6.07) is 24.9. The normalized spacial score (nSPS) is 16.3. The first-order valence-electron chi connectivity index (χ1n) is 22.4. The molecule has 2 aromatic carbocycles. The Bertz CT molecular complexity index is 2800. The lowest BCUT2D eigenvalue weighted by molar-refractivity contribution is -0.192. The lowest BCUT2D eigenvalue weighted by Crippen LogP contribution is -2.46. The molecule has 2 fully saturated rings. The van der Waals surface area contributed by atoms with E-state index in [-0.39, 0.29) is 11.4 Å². The van der Waals surface area contributed by atoms with Gasteiger partial charge in [-0.1, -0.05) is 48.6 Å². The third-order valence-electron chi connectivity index (χ3n) is 11.6. The van der Waals surface area contributed by atoms with Gasteiger partial charge in [0, 0.05) is 93.2 Å². The number of hydrogen-bond acceptors (Lipinski definition) is 12. The van der Waals surface area contributed by atoms with Crippen molar-refractivity contribution in [2.24, 2.45) is 0 Å². The number of carbonyl (C=O) groups excluding carboxylic acids is 1. The molecule has 0 bridgehead atoms. The van der Waals surface area contributed by atoms with Gasteiger partial charge in [-0.2, -0.15) is 13.2 Å². The molecule has 0 saturated carbocycles. The number of nitrogens with zero attached hydrogens (tertiary/aromatic N) is 9. The number of anilines is 2. The Labute approximate surface area is 408 Å². The molecule has 2 saturated heterocycles. The van der Waals surface area contributed by atoms with Gasteiger partial charge in [-0.05, 0) is 87.7 Å². The molecule has 6 aromatic rings. The minimum absolute atomic E-state index is 0.194. The summed E-state index contributed by atoms with van der Waals surface area (Å²) in [5, 5.41) is 13.0. The van der Waals surface area contributed by atoms with E-state index in [0.717, 1.165) is 109 Å². The summed E-state index contributed by atoms with van der Waals surface area (Å²) in [6.07, 6.45) is 7.89. The number of amides is 1. The van der Waals surface area contributed by atoms with E-state index >= 15 is 0 Å². The summed E-state index contributed by atoms with van der Waals surface area (Å²) in [7, 11) is 0. The monoisotopic (exact) mass is 984 g/mol. The SMILES string of the molecule is C1=C(c2nccnc2C2CN(c3ccc4ccccc4n3)C2)CCNC1.CC(C)(C)OC(=O)N1CC=C(c2nccnc2C2CN(c3ccc4ccccc4n3)C2)CC1.ClCCl.O=C(O)C(F)(F)F. The minimum Gasteiger partial charge on any atom is -0.475 e. The van der Waals surface area contributed by atoms with Crippen LogP contribution in [-0.4, -0.2) is 121 Å². The molecule has 0 unspecified atom stereocenters. The van der Waals surface area contributed by atoms with Gasteiger partial charge in [-0.3, -0.25) is 19.9 Å². The number of para-hydroxylation sites is 2. The fourth-order valence-corrected chi connectivity index (χ4v) is 8.14. The van der Waals surface area contributed by atoms with Gasteiger partial charge in [0.15, 0.2) is 0 Å². The molecule has 2 N–H and O–H groups in total. The van der Waals surface area contributed by atoms with Crippen molar-refractivity contribution in [1.82, 2.24) is 40.1 Å². The molecule has 1 amide bonds. The van der Waals surface area contributed by atoms with Gasteiger partial charge < -0.3 is 29.9 Å². The van der Waals surface area contributed by atoms with Crippen molar-refractivity contribution >= 4 is 79.9 Å². The number of carboxylic acids is 1. The summed E-state index contributed by atoms with van der Waals surface area (Å²) in [5.74, 6) is 0.0220. The smallest absolute Gasteiger partial charge is 0.475 e. The number of alkyl halides is 5. The predicted octanol–water partition coefficient (Wildman–Crippen LogP) is 9.71. The van der Waals surface area contributed by atoms with Gasteiger partial charge >= 0.3 is 18.2 Å². The van der Waals surface area contributed by atoms with Gasteiger partial charge in [0.05, 0.1) is 39.1 Å². The van der Waals surface area contributed by atoms with Crippen molar-refractivity contribution in [3.63, 3.8) is 0 Å². The number of ether oxygens (including phenoxy) is 1. The van der Waals surface area contributed by atoms with Crippen LogP contribution in [0.25, 0.3) is 33.0 Å². The number of nitrogens with one attached hydrogen (secondary N) is 1. The number of fused-ring (bicyclic) bond motifs is 2. The number of pyridine rings is 2. The molecule has 19 heteroatoms. The Balaban J connectivity index is 0.000000174. The Morgan fingerprint density at radius 3 is 1.59 bits per heavy atom. The summed E-state index contributed by atoms with van der Waals surface area (Å²) in [5.41, 5.74) is 8.27. The maximum Gasteiger partial charge on any atom is 0.490 e. The van der Waals surface area contributed by atoms with Crippen molar-refractivity contribution in [3.8, 4) is 0 Å². The van der Waals surface area contributed by atoms with E-state index in [4.69, 9.17) is 52.8 Å². The molecule has 69 heavy (non-hydrogen) atoms. The summed E-state index contributed by atoms with van der Waals surface area (Å²) in [6.45, 7) is 12.4. The van der Waals surface area contributed by atoms with Crippen molar-refractivity contribution in [2.75, 3.05) is 67.5 Å². The number of carboxylic acid groups (broad SMARTS) is 1. The molecule has 10 rings (SSSR count). The predicted molar refractivity (Wildman–Crippen MR) is 264 cm³/mol. The van der Waals surface area contributed by atoms with Crippen molar-refractivity contribution < 1.29 is 32.6 Å². The molecule has 0 spiro atoms. The van der Waals surface area contributed by atoms with Crippen LogP contribution >= 0.6 is 23.2 Å². The molecule has 4 aliphatic rings. The number of aliphatic carboxylic acids is 1. The first-order chi connectivity index (χ1) is 33.1. The zero-order chi connectivity index (χ0) is 49.1. The topological polar surface area (TPSA) is 163 Å². The van der Waals surface area contributed by atoms with Gasteiger partial charge in [-0.25, -0.2) is 19.6 Å². The molecular weight excluding hydrogens is 933 g/mol. The van der Waals surface area contributed by atoms with E-state index < -0.39 is 17.7 Å². The summed E-state index contributed by atoms with van der Waals surface area (Å²) in [4.78, 5) is 56.0. The average molecular weight is 986 g/mol. The number of benzene rings is 2. The molecule has 4 aliphatic heterocycles. The molecule has 14 nitrogen and oxygen atoms in total. The third-order valence-corrected chi connectivity index (χ3v) is 11.6. The highest BCUT2D eigenvalue weighted by Gasteiger charge is 2.38. The number of carbonyl (C=O) groups is 2. The van der Waals surface area contributed by atoms with Crippen molar-refractivity contribution in [3.05, 3.63) is 133 Å². The van der Waals surface area contributed by atoms with E-state index in [0.29, 0.717) is 24.9 Å². The highest BCUT2D eigenvalue weighted by molar-refractivity contribution is 6.40. The largest absolute Gasteiger partial charge is 0.490 e. The molecule has 4 aromatic heterocycles. The zero-order valence-electron chi connectivity index (χ0n) is 38.4. The van der Waals surface area contributed by atoms with Gasteiger partial charge in [0.25, 0.3) is 0 Å². The second kappa shape index (κ2) is 22.8. The zero-order valence-corrected chi connectivity index (χ0v) is 39.9. The maximum absolute atomic E-state index is 12.4. The Morgan fingerprint density at radius 2 is 1.17 bits per heavy atom. The van der Waals surface area contributed by atoms with Crippen LogP contribution in [0.3, 0.4) is 0 Å². The van der Waals surface area contributed by atoms with Crippen LogP contribution in [-0.2, 0) is 9.53 Å². The van der Waals surface area contributed by atoms with Crippen LogP contribution in [0.15, 0.2) is 110 Å². The second-order valence-electron chi connectivity index (χ2n) is 17.5. The highest BCUT2D eigenvalue weighted by atomic mass is 35.5. The molecular formula is C50H53Cl2F3N10O4. The first-order valence-corrected chi connectivity index (χ1v) is 23.5. The van der Waals surface area contributed by atoms with Crippen molar-refractivity contribution in [1.29, 1.82) is 0 Å². The second-order valence-corrected chi connectivity index (χ2v) is 18.3. The van der Waals surface area contributed by atoms with E-state index in [1.165, 1.54) is 11.0 Å². The Kier molecular flexibility index (Phi) is 16.7. The third kappa shape index (κ3) is 13.2. The Morgan fingerprint density at radius 1 is 0.710 bits per heavy atom. The molecule has 362 valence electrons. The van der Waals surface area contributed by atoms with Crippen LogP contribution in [0.1, 0.15) is 68.2 Å². The van der Waals surface area contributed by atoms with Crippen molar-refractivity contribution in [2.45, 2.75) is 57.2 Å². The van der Waals surface area contributed by atoms with Crippen LogP contribution in [0.4, 0.5) is 29.6 Å². The maximum atomic E-state index is 12.4. The van der Waals surface area contributed by atoms with E-state index in [1.807, 2.05) is 57.4 Å². The lowest BCUT2D eigenvalue weighted by Gasteiger charge is -2.40. The number of halogens is 5. The summed E-state index contributed by atoms with van der Waals surface area (Å²) < 4.78 is 37.2. The Hall–Kier alpha value is -6.43. The fourth-order valence-electron chi connectivity index (χ4n) is 8.14. The average Bonchev–Trinajstić information content (AvgIpc) is 3.31. The number of aromatic nitrogens is 6. The van der Waals surface area contributed by atoms with Crippen LogP contribution in [0.5, 0.6) is 0 Å². The number of hydrogen-bond donors (Lipinski definition) is 2. The van der Waals surface area contributed by atoms with Crippen LogP contribution in [0.2, 0.25) is 0 Å². The first kappa shape index (κ1) is 50.4. The molecule has 8 heterocycles. The standard InChI is InChI=1S/C26H29N5O2.C21H21N5.C2HF3O2.CH2Cl2/c1-26(2,3)33-25(32)30-14-10-19(11-15-30)23-24(28-13-12-27-23)20-16-31(17-20)22-9-8-18-6-4-5-7-21(18)29-22;1-2-4-18-15(3-1)5-6-19(25-18)26-13-17(14-26)21-20(23-11-12-24-21)16-7-9-22-10-8-16;3-2(4,5)1(6)7;2-1-3/h4-10,12-13,20H,11,14-17H2,1-3H3;1-7,11-12,17,22H,8-10,13-14H2;(H,6,7);1H2. The number of rotatable bonds is 6. The highest BCUT2D eigenvalue weighted by Crippen LogP contribution is 2.36. The van der Waals surface area contributed by atoms with Gasteiger partial charge in [-0.15, -0.1) is 23.2 Å². The summed E-state index contributed by atoms with van der Waals surface area (Å²) >= 11 is 9.53. The fraction of sp³-hybridized carbons (Fsp3) is 0.360. The van der Waals surface area contributed by atoms with Gasteiger partial charge in [0.1, 0.15) is 17.2 Å². The molecule has 0 radical (unpaired) electrons. The lowest BCUT2D eigenvalue weighted by atomic mass is 9.90. The van der Waals surface area contributed by atoms with Gasteiger partial charge in [0.2, 0.25) is 0 Å². The quantitative estimate of drug-likeness (QED) is 0.152. The molecule has 0 aliphatic carbocycles. The minimum atomic E-state index is -5.08. The van der Waals surface area contributed by atoms with E-state index in [2.05, 4.69) is 90.8 Å². The molecule has 0 atom stereocenters.